The van der Waals surface area contributed by atoms with E-state index in [0.29, 0.717) is 0 Å². The molecule has 4 nitrogen and oxygen atoms in total. The second kappa shape index (κ2) is 14.6. The maximum atomic E-state index is 8.49. The Labute approximate surface area is 260 Å². The summed E-state index contributed by atoms with van der Waals surface area (Å²) in [5, 5.41) is 0. The van der Waals surface area contributed by atoms with Crippen LogP contribution in [0.1, 0.15) is 57.5 Å². The molecule has 0 atom stereocenters. The van der Waals surface area contributed by atoms with Gasteiger partial charge in [0.1, 0.15) is 0 Å². The summed E-state index contributed by atoms with van der Waals surface area (Å²) in [4.78, 5) is 5.13. The molecule has 0 bridgehead atoms. The topological polar surface area (TPSA) is 92.2 Å². The first kappa shape index (κ1) is 33.7. The van der Waals surface area contributed by atoms with Crippen LogP contribution in [0.4, 0.5) is 0 Å². The molecule has 4 rings (SSSR count). The van der Waals surface area contributed by atoms with Gasteiger partial charge in [-0.3, -0.25) is 0 Å². The van der Waals surface area contributed by atoms with Crippen molar-refractivity contribution in [2.75, 3.05) is 0 Å². The van der Waals surface area contributed by atoms with Crippen molar-refractivity contribution >= 4 is 34.1 Å². The summed E-state index contributed by atoms with van der Waals surface area (Å²) in [5.74, 6) is 0. The van der Waals surface area contributed by atoms with Gasteiger partial charge in [-0.05, 0) is 57.9 Å². The van der Waals surface area contributed by atoms with Gasteiger partial charge in [0, 0.05) is 33.6 Å². The van der Waals surface area contributed by atoms with Crippen molar-refractivity contribution in [2.24, 2.45) is 5.41 Å². The van der Waals surface area contributed by atoms with Crippen molar-refractivity contribution in [1.29, 1.82) is 0 Å². The average Bonchev–Trinajstić information content (AvgIpc) is 2.92. The molecule has 0 saturated heterocycles. The number of rotatable bonds is 5. The van der Waals surface area contributed by atoms with E-state index in [0.717, 1.165) is 0 Å². The molecule has 0 amide bonds. The van der Waals surface area contributed by atoms with Gasteiger partial charge >= 0.3 is 0 Å². The molecule has 1 aliphatic heterocycles. The summed E-state index contributed by atoms with van der Waals surface area (Å²) in [7, 11) is -4.94. The Kier molecular flexibility index (Phi) is 11.7. The number of hydrogen-bond donors (Lipinski definition) is 0. The van der Waals surface area contributed by atoms with Crippen LogP contribution in [0.2, 0.25) is 0 Å². The van der Waals surface area contributed by atoms with Gasteiger partial charge in [0.05, 0.1) is 0 Å². The Morgan fingerprint density at radius 1 is 0.690 bits per heavy atom. The third-order valence-electron chi connectivity index (χ3n) is 6.22. The largest absolute Gasteiger partial charge is 0.238 e. The van der Waals surface area contributed by atoms with E-state index in [1.54, 1.807) is 0 Å². The minimum atomic E-state index is -4.94. The lowest BCUT2D eigenvalue weighted by atomic mass is 9.85. The first-order valence-corrected chi connectivity index (χ1v) is 16.3. The molecule has 1 aliphatic rings. The van der Waals surface area contributed by atoms with Crippen molar-refractivity contribution in [3.05, 3.63) is 136 Å². The van der Waals surface area contributed by atoms with Crippen molar-refractivity contribution in [1.82, 2.24) is 0 Å². The Bertz CT molecular complexity index is 1480. The first-order valence-electron chi connectivity index (χ1n) is 13.5. The first-order chi connectivity index (χ1) is 19.6. The molecule has 0 radical (unpaired) electrons. The summed E-state index contributed by atoms with van der Waals surface area (Å²) in [6.07, 6.45) is 15.6. The second-order valence-corrected chi connectivity index (χ2v) is 14.7. The highest BCUT2D eigenvalue weighted by molar-refractivity contribution is 8.12. The molecule has 42 heavy (non-hydrogen) atoms. The molecule has 0 unspecified atom stereocenters. The minimum Gasteiger partial charge on any atom is -0.222 e. The van der Waals surface area contributed by atoms with Crippen molar-refractivity contribution in [3.63, 3.8) is 0 Å². The van der Waals surface area contributed by atoms with Crippen LogP contribution in [0.3, 0.4) is 0 Å². The fraction of sp³-hybridized carbons (Fsp3) is 0.229. The standard InChI is InChI=1S/C35H37S2.ClHO4/c1-34(2,3)28-22-30(36-32(24-28)26-16-10-7-11-17-26)20-14-9-15-21-31-23-29(35(4,5)6)25-33(37-31)27-18-12-8-13-19-27;2-1(3,4)5/h7-25H,1-6H3;(H,2,3,4,5)/q+1;/p-1. The highest BCUT2D eigenvalue weighted by Gasteiger charge is 2.22. The van der Waals surface area contributed by atoms with E-state index < -0.39 is 10.2 Å². The zero-order valence-corrected chi connectivity index (χ0v) is 27.2. The van der Waals surface area contributed by atoms with E-state index in [9.17, 15) is 0 Å². The monoisotopic (exact) mass is 620 g/mol. The van der Waals surface area contributed by atoms with E-state index in [4.69, 9.17) is 18.6 Å². The van der Waals surface area contributed by atoms with E-state index in [1.807, 2.05) is 23.1 Å². The summed E-state index contributed by atoms with van der Waals surface area (Å²) in [6.45, 7) is 13.7. The zero-order chi connectivity index (χ0) is 31.0. The third-order valence-corrected chi connectivity index (χ3v) is 8.34. The van der Waals surface area contributed by atoms with Gasteiger partial charge in [0.2, 0.25) is 21.1 Å². The summed E-state index contributed by atoms with van der Waals surface area (Å²) in [5.41, 5.74) is 5.45. The number of hydrogen-bond acceptors (Lipinski definition) is 5. The second-order valence-electron chi connectivity index (χ2n) is 11.7. The van der Waals surface area contributed by atoms with Crippen LogP contribution < -0.4 is 18.6 Å². The number of allylic oxidation sites excluding steroid dienone is 7. The Hall–Kier alpha value is -2.81. The van der Waals surface area contributed by atoms with Crippen LogP contribution in [0, 0.1) is 15.7 Å². The Morgan fingerprint density at radius 3 is 1.81 bits per heavy atom. The quantitative estimate of drug-likeness (QED) is 0.241. The number of benzene rings is 2. The van der Waals surface area contributed by atoms with Gasteiger partial charge in [-0.15, -0.1) is 10.2 Å². The molecule has 1 aromatic heterocycles. The number of halogens is 1. The molecule has 0 aliphatic carbocycles. The minimum absolute atomic E-state index is 0.0969. The predicted octanol–water partition coefficient (Wildman–Crippen LogP) is 6.45. The van der Waals surface area contributed by atoms with Crippen LogP contribution in [0.25, 0.3) is 21.4 Å². The zero-order valence-electron chi connectivity index (χ0n) is 24.8. The van der Waals surface area contributed by atoms with Gasteiger partial charge in [0.25, 0.3) is 0 Å². The summed E-state index contributed by atoms with van der Waals surface area (Å²) in [6, 6.07) is 26.0. The fourth-order valence-electron chi connectivity index (χ4n) is 3.93. The van der Waals surface area contributed by atoms with Crippen LogP contribution in [0.5, 0.6) is 0 Å². The highest BCUT2D eigenvalue weighted by Crippen LogP contribution is 2.43. The van der Waals surface area contributed by atoms with E-state index >= 15 is 0 Å². The van der Waals surface area contributed by atoms with E-state index in [2.05, 4.69) is 157 Å². The Morgan fingerprint density at radius 2 is 1.26 bits per heavy atom. The molecule has 7 heteroatoms. The molecular formula is C35H37ClO4S2. The van der Waals surface area contributed by atoms with Crippen LogP contribution in [-0.2, 0) is 5.41 Å². The van der Waals surface area contributed by atoms with Crippen molar-refractivity contribution in [2.45, 2.75) is 47.0 Å². The number of thioether (sulfide) groups is 1. The molecule has 0 N–H and O–H groups in total. The summed E-state index contributed by atoms with van der Waals surface area (Å²) >= 11 is 3.67. The van der Waals surface area contributed by atoms with Gasteiger partial charge < -0.3 is 0 Å². The highest BCUT2D eigenvalue weighted by atomic mass is 35.7. The molecule has 0 fully saturated rings. The lowest BCUT2D eigenvalue weighted by Gasteiger charge is -2.25. The maximum Gasteiger partial charge on any atom is 0.238 e. The molecule has 220 valence electrons. The molecule has 3 aromatic rings. The fourth-order valence-corrected chi connectivity index (χ4v) is 5.98. The van der Waals surface area contributed by atoms with Gasteiger partial charge in [-0.2, -0.15) is 0 Å². The Balaban J connectivity index is 0.000000892. The maximum absolute atomic E-state index is 8.49. The molecule has 0 spiro atoms. The van der Waals surface area contributed by atoms with Crippen molar-refractivity contribution < 1.29 is 28.9 Å². The molecule has 2 heterocycles. The lowest BCUT2D eigenvalue weighted by molar-refractivity contribution is -2.00. The van der Waals surface area contributed by atoms with Gasteiger partial charge in [-0.25, -0.2) is 18.6 Å². The normalized spacial score (nSPS) is 15.4. The van der Waals surface area contributed by atoms with Crippen LogP contribution >= 0.6 is 23.1 Å². The van der Waals surface area contributed by atoms with Crippen LogP contribution in [0.15, 0.2) is 120 Å². The third kappa shape index (κ3) is 11.5. The smallest absolute Gasteiger partial charge is 0.222 e. The lowest BCUT2D eigenvalue weighted by Crippen LogP contribution is -2.68. The SMILES string of the molecule is CC(C)(C)C1=C\C(=C/C=C/C=C/c2cc(C(C)(C)C)cc(-c3ccccc3)[s+]2)SC(c2ccccc2)=C1.[O-][Cl+3]([O-])([O-])[O-]. The molecule has 2 aromatic carbocycles. The van der Waals surface area contributed by atoms with Crippen molar-refractivity contribution in [3.8, 4) is 10.4 Å². The predicted molar refractivity (Wildman–Crippen MR) is 169 cm³/mol. The van der Waals surface area contributed by atoms with Gasteiger partial charge in [-0.1, -0.05) is 120 Å². The molecule has 0 saturated carbocycles. The van der Waals surface area contributed by atoms with Gasteiger partial charge in [0.15, 0.2) is 0 Å². The summed E-state index contributed by atoms with van der Waals surface area (Å²) < 4.78 is 34.0. The average molecular weight is 621 g/mol. The van der Waals surface area contributed by atoms with E-state index in [-0.39, 0.29) is 10.8 Å². The molecular weight excluding hydrogens is 584 g/mol. The van der Waals surface area contributed by atoms with E-state index in [1.165, 1.54) is 41.8 Å². The van der Waals surface area contributed by atoms with Crippen LogP contribution in [-0.4, -0.2) is 0 Å².